The van der Waals surface area contributed by atoms with Crippen LogP contribution in [0.25, 0.3) is 11.3 Å². The SMILES string of the molecule is CCOc1ccc(S(=O)(=O)NCc2cc(-c3ccc(F)cc3)ncn2)cc1. The zero-order valence-electron chi connectivity index (χ0n) is 14.6. The average molecular weight is 387 g/mol. The van der Waals surface area contributed by atoms with E-state index in [1.807, 2.05) is 6.92 Å². The number of nitrogens with one attached hydrogen (secondary N) is 1. The van der Waals surface area contributed by atoms with Gasteiger partial charge in [-0.15, -0.1) is 0 Å². The molecular weight excluding hydrogens is 369 g/mol. The van der Waals surface area contributed by atoms with Crippen molar-refractivity contribution in [1.82, 2.24) is 14.7 Å². The van der Waals surface area contributed by atoms with Crippen LogP contribution in [0.15, 0.2) is 65.8 Å². The van der Waals surface area contributed by atoms with Crippen LogP contribution in [0.3, 0.4) is 0 Å². The standard InChI is InChI=1S/C19H18FN3O3S/c1-2-26-17-7-9-18(10-8-17)27(24,25)23-12-16-11-19(22-13-21-16)14-3-5-15(20)6-4-14/h3-11,13,23H,2,12H2,1H3. The normalized spacial score (nSPS) is 11.3. The predicted octanol–water partition coefficient (Wildman–Crippen LogP) is 3.16. The Morgan fingerprint density at radius 2 is 1.74 bits per heavy atom. The van der Waals surface area contributed by atoms with Gasteiger partial charge in [0.1, 0.15) is 17.9 Å². The van der Waals surface area contributed by atoms with E-state index < -0.39 is 10.0 Å². The molecule has 0 unspecified atom stereocenters. The molecule has 0 spiro atoms. The van der Waals surface area contributed by atoms with Crippen LogP contribution in [0.5, 0.6) is 5.75 Å². The second-order valence-electron chi connectivity index (χ2n) is 5.63. The van der Waals surface area contributed by atoms with Crippen molar-refractivity contribution < 1.29 is 17.5 Å². The summed E-state index contributed by atoms with van der Waals surface area (Å²) >= 11 is 0. The molecule has 0 bridgehead atoms. The molecule has 2 aromatic carbocycles. The van der Waals surface area contributed by atoms with Crippen molar-refractivity contribution in [3.63, 3.8) is 0 Å². The first-order valence-corrected chi connectivity index (χ1v) is 9.75. The molecule has 0 saturated heterocycles. The second kappa shape index (κ2) is 8.24. The van der Waals surface area contributed by atoms with Gasteiger partial charge in [-0.2, -0.15) is 0 Å². The largest absolute Gasteiger partial charge is 0.494 e. The van der Waals surface area contributed by atoms with E-state index in [-0.39, 0.29) is 17.3 Å². The van der Waals surface area contributed by atoms with E-state index in [0.29, 0.717) is 23.7 Å². The van der Waals surface area contributed by atoms with E-state index in [0.717, 1.165) is 5.56 Å². The lowest BCUT2D eigenvalue weighted by molar-refractivity contribution is 0.340. The maximum absolute atomic E-state index is 13.0. The summed E-state index contributed by atoms with van der Waals surface area (Å²) in [5.74, 6) is 0.271. The number of hydrogen-bond donors (Lipinski definition) is 1. The fourth-order valence-electron chi connectivity index (χ4n) is 2.41. The molecular formula is C19H18FN3O3S. The van der Waals surface area contributed by atoms with Crippen LogP contribution in [0, 0.1) is 5.82 Å². The molecule has 3 rings (SSSR count). The van der Waals surface area contributed by atoms with E-state index in [1.54, 1.807) is 30.3 Å². The average Bonchev–Trinajstić information content (AvgIpc) is 2.68. The van der Waals surface area contributed by atoms with Gasteiger partial charge in [0.25, 0.3) is 0 Å². The number of aromatic nitrogens is 2. The van der Waals surface area contributed by atoms with E-state index in [2.05, 4.69) is 14.7 Å². The van der Waals surface area contributed by atoms with E-state index >= 15 is 0 Å². The van der Waals surface area contributed by atoms with Crippen molar-refractivity contribution in [3.05, 3.63) is 72.4 Å². The Morgan fingerprint density at radius 3 is 2.41 bits per heavy atom. The van der Waals surface area contributed by atoms with Crippen molar-refractivity contribution in [2.24, 2.45) is 0 Å². The Morgan fingerprint density at radius 1 is 1.04 bits per heavy atom. The van der Waals surface area contributed by atoms with Crippen LogP contribution in [-0.4, -0.2) is 25.0 Å². The number of halogens is 1. The van der Waals surface area contributed by atoms with Crippen LogP contribution in [0.4, 0.5) is 4.39 Å². The summed E-state index contributed by atoms with van der Waals surface area (Å²) in [7, 11) is -3.69. The molecule has 27 heavy (non-hydrogen) atoms. The van der Waals surface area contributed by atoms with Gasteiger partial charge in [0.15, 0.2) is 0 Å². The summed E-state index contributed by atoms with van der Waals surface area (Å²) in [5.41, 5.74) is 1.80. The summed E-state index contributed by atoms with van der Waals surface area (Å²) in [6, 6.07) is 13.7. The number of hydrogen-bond acceptors (Lipinski definition) is 5. The Balaban J connectivity index is 1.72. The zero-order chi connectivity index (χ0) is 19.3. The van der Waals surface area contributed by atoms with Crippen molar-refractivity contribution in [2.45, 2.75) is 18.4 Å². The quantitative estimate of drug-likeness (QED) is 0.673. The van der Waals surface area contributed by atoms with E-state index in [1.165, 1.54) is 30.6 Å². The van der Waals surface area contributed by atoms with Crippen LogP contribution < -0.4 is 9.46 Å². The molecule has 1 N–H and O–H groups in total. The topological polar surface area (TPSA) is 81.2 Å². The maximum Gasteiger partial charge on any atom is 0.240 e. The molecule has 0 fully saturated rings. The lowest BCUT2D eigenvalue weighted by Gasteiger charge is -2.08. The molecule has 0 atom stereocenters. The minimum absolute atomic E-state index is 0.00621. The Bertz CT molecular complexity index is 1010. The van der Waals surface area contributed by atoms with Crippen LogP contribution in [0.1, 0.15) is 12.6 Å². The van der Waals surface area contributed by atoms with E-state index in [4.69, 9.17) is 4.74 Å². The molecule has 0 aliphatic heterocycles. The summed E-state index contributed by atoms with van der Waals surface area (Å²) in [5, 5.41) is 0. The third-order valence-corrected chi connectivity index (χ3v) is 5.17. The molecule has 0 amide bonds. The molecule has 0 saturated carbocycles. The third kappa shape index (κ3) is 4.87. The zero-order valence-corrected chi connectivity index (χ0v) is 15.4. The fourth-order valence-corrected chi connectivity index (χ4v) is 3.41. The second-order valence-corrected chi connectivity index (χ2v) is 7.40. The molecule has 140 valence electrons. The highest BCUT2D eigenvalue weighted by atomic mass is 32.2. The highest BCUT2D eigenvalue weighted by molar-refractivity contribution is 7.89. The molecule has 0 aliphatic rings. The van der Waals surface area contributed by atoms with Gasteiger partial charge in [-0.1, -0.05) is 0 Å². The molecule has 1 heterocycles. The van der Waals surface area contributed by atoms with Gasteiger partial charge < -0.3 is 4.74 Å². The van der Waals surface area contributed by atoms with E-state index in [9.17, 15) is 12.8 Å². The first kappa shape index (κ1) is 18.9. The highest BCUT2D eigenvalue weighted by Gasteiger charge is 2.14. The fraction of sp³-hybridized carbons (Fsp3) is 0.158. The molecule has 3 aromatic rings. The Kier molecular flexibility index (Phi) is 5.78. The van der Waals surface area contributed by atoms with Gasteiger partial charge in [0, 0.05) is 5.56 Å². The Hall–Kier alpha value is -2.84. The number of ether oxygens (including phenoxy) is 1. The molecule has 0 aliphatic carbocycles. The summed E-state index contributed by atoms with van der Waals surface area (Å²) in [6.45, 7) is 2.37. The number of rotatable bonds is 7. The number of sulfonamides is 1. The number of benzene rings is 2. The van der Waals surface area contributed by atoms with Gasteiger partial charge >= 0.3 is 0 Å². The van der Waals surface area contributed by atoms with Crippen LogP contribution in [-0.2, 0) is 16.6 Å². The minimum atomic E-state index is -3.69. The molecule has 6 nitrogen and oxygen atoms in total. The smallest absolute Gasteiger partial charge is 0.240 e. The first-order valence-electron chi connectivity index (χ1n) is 8.27. The third-order valence-electron chi connectivity index (χ3n) is 3.75. The van der Waals surface area contributed by atoms with Crippen LogP contribution >= 0.6 is 0 Å². The lowest BCUT2D eigenvalue weighted by Crippen LogP contribution is -2.23. The highest BCUT2D eigenvalue weighted by Crippen LogP contribution is 2.18. The van der Waals surface area contributed by atoms with Crippen molar-refractivity contribution in [3.8, 4) is 17.0 Å². The summed E-state index contributed by atoms with van der Waals surface area (Å²) < 4.78 is 45.7. The molecule has 8 heteroatoms. The first-order chi connectivity index (χ1) is 13.0. The minimum Gasteiger partial charge on any atom is -0.494 e. The summed E-state index contributed by atoms with van der Waals surface area (Å²) in [4.78, 5) is 8.37. The van der Waals surface area contributed by atoms with Crippen molar-refractivity contribution in [2.75, 3.05) is 6.61 Å². The van der Waals surface area contributed by atoms with Gasteiger partial charge in [-0.05, 0) is 61.5 Å². The predicted molar refractivity (Wildman–Crippen MR) is 99.1 cm³/mol. The molecule has 0 radical (unpaired) electrons. The van der Waals surface area contributed by atoms with Gasteiger partial charge in [0.05, 0.1) is 29.4 Å². The monoisotopic (exact) mass is 387 g/mol. The lowest BCUT2D eigenvalue weighted by atomic mass is 10.1. The Labute approximate surface area is 157 Å². The summed E-state index contributed by atoms with van der Waals surface area (Å²) in [6.07, 6.45) is 1.35. The molecule has 1 aromatic heterocycles. The van der Waals surface area contributed by atoms with Crippen LogP contribution in [0.2, 0.25) is 0 Å². The van der Waals surface area contributed by atoms with Gasteiger partial charge in [0.2, 0.25) is 10.0 Å². The van der Waals surface area contributed by atoms with Crippen molar-refractivity contribution >= 4 is 10.0 Å². The van der Waals surface area contributed by atoms with Gasteiger partial charge in [-0.25, -0.2) is 27.5 Å². The maximum atomic E-state index is 13.0. The van der Waals surface area contributed by atoms with Gasteiger partial charge in [-0.3, -0.25) is 0 Å². The number of nitrogens with zero attached hydrogens (tertiary/aromatic N) is 2. The van der Waals surface area contributed by atoms with Crippen molar-refractivity contribution in [1.29, 1.82) is 0 Å².